The van der Waals surface area contributed by atoms with E-state index in [1.165, 1.54) is 36.6 Å². The summed E-state index contributed by atoms with van der Waals surface area (Å²) < 4.78 is 0. The Morgan fingerprint density at radius 2 is 1.81 bits per heavy atom. The molecule has 31 heavy (non-hydrogen) atoms. The molecule has 2 aliphatic rings. The van der Waals surface area contributed by atoms with Gasteiger partial charge in [-0.3, -0.25) is 0 Å². The molecule has 1 unspecified atom stereocenters. The van der Waals surface area contributed by atoms with E-state index in [1.54, 1.807) is 0 Å². The first kappa shape index (κ1) is 20.0. The van der Waals surface area contributed by atoms with Crippen LogP contribution in [0, 0.1) is 0 Å². The lowest BCUT2D eigenvalue weighted by Gasteiger charge is -2.40. The number of nitrogens with zero attached hydrogens (tertiary/aromatic N) is 6. The standard InChI is InChI=1S/C24H31N7/c1-16(2)19-14-27-23(31-12-8-17(31)3)20-15-26-22(13-18(19)20)28-21-7-9-25-24(29-21)30-10-5-4-6-11-30/h7,9,13-17H,4-6,8,10-12H2,1-3H3,(H,25,26,28,29). The molecule has 2 fully saturated rings. The van der Waals surface area contributed by atoms with Gasteiger partial charge in [0.1, 0.15) is 17.5 Å². The van der Waals surface area contributed by atoms with Crippen LogP contribution < -0.4 is 15.1 Å². The minimum Gasteiger partial charge on any atom is -0.353 e. The maximum Gasteiger partial charge on any atom is 0.227 e. The number of pyridine rings is 2. The van der Waals surface area contributed by atoms with Crippen LogP contribution in [-0.2, 0) is 0 Å². The predicted octanol–water partition coefficient (Wildman–Crippen LogP) is 4.88. The molecule has 1 atom stereocenters. The van der Waals surface area contributed by atoms with Crippen LogP contribution in [0.25, 0.3) is 10.8 Å². The van der Waals surface area contributed by atoms with Crippen molar-refractivity contribution < 1.29 is 0 Å². The molecule has 2 saturated heterocycles. The fraction of sp³-hybridized carbons (Fsp3) is 0.500. The van der Waals surface area contributed by atoms with E-state index in [2.05, 4.69) is 46.9 Å². The van der Waals surface area contributed by atoms with Gasteiger partial charge in [0.25, 0.3) is 0 Å². The highest BCUT2D eigenvalue weighted by Crippen LogP contribution is 2.35. The second-order valence-corrected chi connectivity index (χ2v) is 9.05. The zero-order valence-electron chi connectivity index (χ0n) is 18.7. The lowest BCUT2D eigenvalue weighted by atomic mass is 9.97. The fourth-order valence-electron chi connectivity index (χ4n) is 4.53. The number of anilines is 4. The number of nitrogens with one attached hydrogen (secondary N) is 1. The van der Waals surface area contributed by atoms with Gasteiger partial charge in [0.2, 0.25) is 5.95 Å². The van der Waals surface area contributed by atoms with E-state index in [0.717, 1.165) is 48.4 Å². The summed E-state index contributed by atoms with van der Waals surface area (Å²) in [4.78, 5) is 23.4. The highest BCUT2D eigenvalue weighted by atomic mass is 15.3. The maximum atomic E-state index is 4.82. The molecule has 3 aromatic rings. The molecule has 0 radical (unpaired) electrons. The van der Waals surface area contributed by atoms with Crippen molar-refractivity contribution in [3.05, 3.63) is 36.3 Å². The molecule has 5 rings (SSSR count). The van der Waals surface area contributed by atoms with Crippen molar-refractivity contribution in [1.82, 2.24) is 19.9 Å². The molecule has 2 aliphatic heterocycles. The Morgan fingerprint density at radius 3 is 2.52 bits per heavy atom. The SMILES string of the molecule is CC(C)c1cnc(N2CCC2C)c2cnc(Nc3ccnc(N4CCCCC4)n3)cc12. The second-order valence-electron chi connectivity index (χ2n) is 9.05. The Balaban J connectivity index is 1.47. The van der Waals surface area contributed by atoms with E-state index in [0.29, 0.717) is 12.0 Å². The lowest BCUT2D eigenvalue weighted by Crippen LogP contribution is -2.46. The number of fused-ring (bicyclic) bond motifs is 1. The zero-order chi connectivity index (χ0) is 21.4. The van der Waals surface area contributed by atoms with Crippen molar-refractivity contribution in [3.63, 3.8) is 0 Å². The third-order valence-electron chi connectivity index (χ3n) is 6.53. The van der Waals surface area contributed by atoms with Gasteiger partial charge in [-0.2, -0.15) is 4.98 Å². The third-order valence-corrected chi connectivity index (χ3v) is 6.53. The topological polar surface area (TPSA) is 70.1 Å². The molecule has 0 amide bonds. The van der Waals surface area contributed by atoms with Crippen molar-refractivity contribution in [2.24, 2.45) is 0 Å². The van der Waals surface area contributed by atoms with Crippen molar-refractivity contribution >= 4 is 34.2 Å². The summed E-state index contributed by atoms with van der Waals surface area (Å²) in [6, 6.07) is 4.58. The van der Waals surface area contributed by atoms with E-state index >= 15 is 0 Å². The van der Waals surface area contributed by atoms with Gasteiger partial charge in [0.05, 0.1) is 0 Å². The molecule has 0 aliphatic carbocycles. The van der Waals surface area contributed by atoms with Gasteiger partial charge in [-0.1, -0.05) is 13.8 Å². The van der Waals surface area contributed by atoms with Crippen molar-refractivity contribution in [3.8, 4) is 0 Å². The number of piperidine rings is 1. The normalized spacial score (nSPS) is 19.0. The van der Waals surface area contributed by atoms with Crippen LogP contribution in [0.1, 0.15) is 57.9 Å². The Labute approximate surface area is 183 Å². The second kappa shape index (κ2) is 8.29. The Hall–Kier alpha value is -2.96. The molecule has 1 N–H and O–H groups in total. The summed E-state index contributed by atoms with van der Waals surface area (Å²) in [5.74, 6) is 3.81. The predicted molar refractivity (Wildman–Crippen MR) is 126 cm³/mol. The first-order chi connectivity index (χ1) is 15.1. The van der Waals surface area contributed by atoms with Crippen molar-refractivity contribution in [2.75, 3.05) is 34.8 Å². The average molecular weight is 418 g/mol. The minimum absolute atomic E-state index is 0.387. The van der Waals surface area contributed by atoms with Crippen molar-refractivity contribution in [2.45, 2.75) is 58.4 Å². The molecule has 0 spiro atoms. The quantitative estimate of drug-likeness (QED) is 0.635. The number of hydrogen-bond donors (Lipinski definition) is 1. The van der Waals surface area contributed by atoms with Gasteiger partial charge in [-0.05, 0) is 61.6 Å². The summed E-state index contributed by atoms with van der Waals surface area (Å²) in [6.07, 6.45) is 10.7. The van der Waals surface area contributed by atoms with Gasteiger partial charge in [-0.25, -0.2) is 15.0 Å². The van der Waals surface area contributed by atoms with E-state index in [1.807, 2.05) is 24.7 Å². The molecule has 0 saturated carbocycles. The minimum atomic E-state index is 0.387. The van der Waals surface area contributed by atoms with Crippen LogP contribution in [0.5, 0.6) is 0 Å². The van der Waals surface area contributed by atoms with Crippen LogP contribution in [-0.4, -0.2) is 45.6 Å². The summed E-state index contributed by atoms with van der Waals surface area (Å²) in [5.41, 5.74) is 1.24. The molecule has 3 aromatic heterocycles. The summed E-state index contributed by atoms with van der Waals surface area (Å²) >= 11 is 0. The first-order valence-corrected chi connectivity index (χ1v) is 11.5. The molecule has 5 heterocycles. The van der Waals surface area contributed by atoms with E-state index in [4.69, 9.17) is 15.0 Å². The van der Waals surface area contributed by atoms with Crippen LogP contribution in [0.2, 0.25) is 0 Å². The monoisotopic (exact) mass is 417 g/mol. The van der Waals surface area contributed by atoms with Crippen LogP contribution in [0.15, 0.2) is 30.7 Å². The lowest BCUT2D eigenvalue weighted by molar-refractivity contribution is 0.478. The molecule has 0 bridgehead atoms. The Kier molecular flexibility index (Phi) is 5.34. The Bertz CT molecular complexity index is 1070. The van der Waals surface area contributed by atoms with Crippen LogP contribution in [0.4, 0.5) is 23.4 Å². The van der Waals surface area contributed by atoms with E-state index in [-0.39, 0.29) is 0 Å². The van der Waals surface area contributed by atoms with Crippen molar-refractivity contribution in [1.29, 1.82) is 0 Å². The highest BCUT2D eigenvalue weighted by molar-refractivity contribution is 5.96. The fourth-order valence-corrected chi connectivity index (χ4v) is 4.53. The third kappa shape index (κ3) is 3.89. The zero-order valence-corrected chi connectivity index (χ0v) is 18.7. The van der Waals surface area contributed by atoms with Gasteiger partial charge in [-0.15, -0.1) is 0 Å². The molecular weight excluding hydrogens is 386 g/mol. The van der Waals surface area contributed by atoms with E-state index < -0.39 is 0 Å². The van der Waals surface area contributed by atoms with E-state index in [9.17, 15) is 0 Å². The molecular formula is C24H31N7. The van der Waals surface area contributed by atoms with Gasteiger partial charge >= 0.3 is 0 Å². The number of aromatic nitrogens is 4. The molecule has 0 aromatic carbocycles. The van der Waals surface area contributed by atoms with Gasteiger partial charge in [0, 0.05) is 49.7 Å². The van der Waals surface area contributed by atoms with Crippen LogP contribution in [0.3, 0.4) is 0 Å². The average Bonchev–Trinajstić information content (AvgIpc) is 2.78. The first-order valence-electron chi connectivity index (χ1n) is 11.5. The summed E-state index contributed by atoms with van der Waals surface area (Å²) in [5, 5.41) is 5.74. The number of rotatable bonds is 5. The molecule has 162 valence electrons. The smallest absolute Gasteiger partial charge is 0.227 e. The highest BCUT2D eigenvalue weighted by Gasteiger charge is 2.27. The largest absolute Gasteiger partial charge is 0.353 e. The van der Waals surface area contributed by atoms with Gasteiger partial charge < -0.3 is 15.1 Å². The summed E-state index contributed by atoms with van der Waals surface area (Å²) in [6.45, 7) is 9.80. The summed E-state index contributed by atoms with van der Waals surface area (Å²) in [7, 11) is 0. The Morgan fingerprint density at radius 1 is 0.968 bits per heavy atom. The molecule has 7 nitrogen and oxygen atoms in total. The maximum absolute atomic E-state index is 4.82. The van der Waals surface area contributed by atoms with Crippen LogP contribution >= 0.6 is 0 Å². The number of hydrogen-bond acceptors (Lipinski definition) is 7. The van der Waals surface area contributed by atoms with Gasteiger partial charge in [0.15, 0.2) is 0 Å². The molecule has 7 heteroatoms.